The van der Waals surface area contributed by atoms with Gasteiger partial charge in [-0.2, -0.15) is 0 Å². The molecule has 2 rings (SSSR count). The molecule has 0 radical (unpaired) electrons. The topological polar surface area (TPSA) is 58.2 Å². The second-order valence-corrected chi connectivity index (χ2v) is 6.14. The highest BCUT2D eigenvalue weighted by molar-refractivity contribution is 14.1. The van der Waals surface area contributed by atoms with Crippen LogP contribution in [0.2, 0.25) is 0 Å². The maximum absolute atomic E-state index is 12.3. The lowest BCUT2D eigenvalue weighted by molar-refractivity contribution is -0.115. The molecule has 22 heavy (non-hydrogen) atoms. The summed E-state index contributed by atoms with van der Waals surface area (Å²) in [6.07, 6.45) is 0.415. The van der Waals surface area contributed by atoms with E-state index in [0.717, 1.165) is 9.13 Å². The molecule has 0 bridgehead atoms. The van der Waals surface area contributed by atoms with Crippen LogP contribution in [-0.4, -0.2) is 11.8 Å². The van der Waals surface area contributed by atoms with Crippen LogP contribution < -0.4 is 10.6 Å². The molecular formula is C17H17IN2O2. The zero-order chi connectivity index (χ0) is 16.1. The van der Waals surface area contributed by atoms with Crippen LogP contribution in [0.1, 0.15) is 29.3 Å². The van der Waals surface area contributed by atoms with Crippen LogP contribution in [0.5, 0.6) is 0 Å². The first-order chi connectivity index (χ1) is 10.5. The standard InChI is InChI=1S/C17H17IN2O2/c1-3-16(21)19-14-8-7-11(2)15(10-14)20-17(22)12-5-4-6-13(18)9-12/h4-10H,3H2,1-2H3,(H,19,21)(H,20,22). The summed E-state index contributed by atoms with van der Waals surface area (Å²) < 4.78 is 1.01. The molecule has 0 heterocycles. The molecule has 0 aliphatic rings. The molecule has 0 aliphatic carbocycles. The molecule has 0 saturated carbocycles. The fourth-order valence-corrected chi connectivity index (χ4v) is 2.45. The smallest absolute Gasteiger partial charge is 0.255 e. The molecule has 0 spiro atoms. The Bertz CT molecular complexity index is 714. The molecule has 2 aromatic carbocycles. The molecule has 0 saturated heterocycles. The summed E-state index contributed by atoms with van der Waals surface area (Å²) >= 11 is 2.17. The van der Waals surface area contributed by atoms with E-state index in [1.165, 1.54) is 0 Å². The molecule has 0 atom stereocenters. The van der Waals surface area contributed by atoms with Crippen molar-refractivity contribution in [3.63, 3.8) is 0 Å². The van der Waals surface area contributed by atoms with Crippen LogP contribution in [0, 0.1) is 10.5 Å². The Kier molecular flexibility index (Phi) is 5.54. The van der Waals surface area contributed by atoms with Gasteiger partial charge < -0.3 is 10.6 Å². The maximum atomic E-state index is 12.3. The van der Waals surface area contributed by atoms with Gasteiger partial charge in [0.05, 0.1) is 0 Å². The SMILES string of the molecule is CCC(=O)Nc1ccc(C)c(NC(=O)c2cccc(I)c2)c1. The molecule has 0 fully saturated rings. The number of aryl methyl sites for hydroxylation is 1. The molecule has 0 aliphatic heterocycles. The van der Waals surface area contributed by atoms with Crippen molar-refractivity contribution in [2.45, 2.75) is 20.3 Å². The first-order valence-corrected chi connectivity index (χ1v) is 8.05. The minimum absolute atomic E-state index is 0.0567. The van der Waals surface area contributed by atoms with Crippen molar-refractivity contribution in [2.24, 2.45) is 0 Å². The fourth-order valence-electron chi connectivity index (χ4n) is 1.91. The molecule has 2 aromatic rings. The summed E-state index contributed by atoms with van der Waals surface area (Å²) in [4.78, 5) is 23.8. The highest BCUT2D eigenvalue weighted by atomic mass is 127. The van der Waals surface area contributed by atoms with E-state index < -0.39 is 0 Å². The molecular weight excluding hydrogens is 391 g/mol. The van der Waals surface area contributed by atoms with Crippen LogP contribution in [0.15, 0.2) is 42.5 Å². The lowest BCUT2D eigenvalue weighted by Gasteiger charge is -2.11. The van der Waals surface area contributed by atoms with Crippen molar-refractivity contribution in [1.29, 1.82) is 0 Å². The third kappa shape index (κ3) is 4.30. The van der Waals surface area contributed by atoms with E-state index in [1.54, 1.807) is 19.1 Å². The zero-order valence-electron chi connectivity index (χ0n) is 12.4. The van der Waals surface area contributed by atoms with Crippen molar-refractivity contribution in [3.8, 4) is 0 Å². The molecule has 2 amide bonds. The number of hydrogen-bond acceptors (Lipinski definition) is 2. The number of anilines is 2. The molecule has 0 aromatic heterocycles. The third-order valence-corrected chi connectivity index (χ3v) is 3.85. The van der Waals surface area contributed by atoms with Crippen molar-refractivity contribution in [1.82, 2.24) is 0 Å². The lowest BCUT2D eigenvalue weighted by Crippen LogP contribution is -2.14. The second kappa shape index (κ2) is 7.40. The van der Waals surface area contributed by atoms with Crippen LogP contribution in [0.3, 0.4) is 0 Å². The monoisotopic (exact) mass is 408 g/mol. The number of benzene rings is 2. The normalized spacial score (nSPS) is 10.1. The van der Waals surface area contributed by atoms with E-state index in [9.17, 15) is 9.59 Å². The number of amides is 2. The van der Waals surface area contributed by atoms with Crippen LogP contribution >= 0.6 is 22.6 Å². The molecule has 0 unspecified atom stereocenters. The summed E-state index contributed by atoms with van der Waals surface area (Å²) in [6, 6.07) is 12.8. The zero-order valence-corrected chi connectivity index (χ0v) is 14.6. The number of halogens is 1. The van der Waals surface area contributed by atoms with E-state index in [2.05, 4.69) is 33.2 Å². The Labute approximate surface area is 143 Å². The van der Waals surface area contributed by atoms with E-state index in [-0.39, 0.29) is 11.8 Å². The van der Waals surface area contributed by atoms with Crippen molar-refractivity contribution >= 4 is 45.8 Å². The Balaban J connectivity index is 2.19. The maximum Gasteiger partial charge on any atom is 0.255 e. The number of rotatable bonds is 4. The van der Waals surface area contributed by atoms with Gasteiger partial charge in [0, 0.05) is 26.9 Å². The van der Waals surface area contributed by atoms with Crippen LogP contribution in [0.4, 0.5) is 11.4 Å². The Hall–Kier alpha value is -1.89. The summed E-state index contributed by atoms with van der Waals surface area (Å²) in [7, 11) is 0. The van der Waals surface area contributed by atoms with Gasteiger partial charge in [0.2, 0.25) is 5.91 Å². The highest BCUT2D eigenvalue weighted by Crippen LogP contribution is 2.21. The van der Waals surface area contributed by atoms with E-state index in [1.807, 2.05) is 37.3 Å². The van der Waals surface area contributed by atoms with Gasteiger partial charge in [-0.05, 0) is 65.4 Å². The van der Waals surface area contributed by atoms with Gasteiger partial charge >= 0.3 is 0 Å². The number of carbonyl (C=O) groups is 2. The molecule has 4 nitrogen and oxygen atoms in total. The number of hydrogen-bond donors (Lipinski definition) is 2. The highest BCUT2D eigenvalue weighted by Gasteiger charge is 2.09. The summed E-state index contributed by atoms with van der Waals surface area (Å²) in [5.74, 6) is -0.223. The van der Waals surface area contributed by atoms with Crippen LogP contribution in [0.25, 0.3) is 0 Å². The van der Waals surface area contributed by atoms with E-state index in [0.29, 0.717) is 23.4 Å². The van der Waals surface area contributed by atoms with E-state index in [4.69, 9.17) is 0 Å². The summed E-state index contributed by atoms with van der Waals surface area (Å²) in [5.41, 5.74) is 2.91. The predicted molar refractivity (Wildman–Crippen MR) is 97.2 cm³/mol. The average molecular weight is 408 g/mol. The quantitative estimate of drug-likeness (QED) is 0.746. The van der Waals surface area contributed by atoms with Gasteiger partial charge in [-0.25, -0.2) is 0 Å². The van der Waals surface area contributed by atoms with Gasteiger partial charge in [-0.1, -0.05) is 19.1 Å². The third-order valence-electron chi connectivity index (χ3n) is 3.18. The van der Waals surface area contributed by atoms with Gasteiger partial charge in [0.1, 0.15) is 0 Å². The second-order valence-electron chi connectivity index (χ2n) is 4.90. The Morgan fingerprint density at radius 2 is 1.86 bits per heavy atom. The van der Waals surface area contributed by atoms with E-state index >= 15 is 0 Å². The average Bonchev–Trinajstić information content (AvgIpc) is 2.50. The Morgan fingerprint density at radius 1 is 1.09 bits per heavy atom. The van der Waals surface area contributed by atoms with Gasteiger partial charge in [0.15, 0.2) is 0 Å². The molecule has 114 valence electrons. The van der Waals surface area contributed by atoms with Crippen molar-refractivity contribution < 1.29 is 9.59 Å². The predicted octanol–water partition coefficient (Wildman–Crippen LogP) is 4.20. The fraction of sp³-hybridized carbons (Fsp3) is 0.176. The van der Waals surface area contributed by atoms with Gasteiger partial charge in [0.25, 0.3) is 5.91 Å². The van der Waals surface area contributed by atoms with Crippen molar-refractivity contribution in [3.05, 3.63) is 57.2 Å². The van der Waals surface area contributed by atoms with Crippen molar-refractivity contribution in [2.75, 3.05) is 10.6 Å². The molecule has 5 heteroatoms. The van der Waals surface area contributed by atoms with Crippen LogP contribution in [-0.2, 0) is 4.79 Å². The number of carbonyl (C=O) groups excluding carboxylic acids is 2. The Morgan fingerprint density at radius 3 is 2.55 bits per heavy atom. The minimum Gasteiger partial charge on any atom is -0.326 e. The first-order valence-electron chi connectivity index (χ1n) is 6.97. The van der Waals surface area contributed by atoms with Gasteiger partial charge in [-0.15, -0.1) is 0 Å². The largest absolute Gasteiger partial charge is 0.326 e. The first kappa shape index (κ1) is 16.5. The summed E-state index contributed by atoms with van der Waals surface area (Å²) in [6.45, 7) is 3.71. The lowest BCUT2D eigenvalue weighted by atomic mass is 10.1. The minimum atomic E-state index is -0.166. The molecule has 2 N–H and O–H groups in total. The summed E-state index contributed by atoms with van der Waals surface area (Å²) in [5, 5.41) is 5.68. The van der Waals surface area contributed by atoms with Gasteiger partial charge in [-0.3, -0.25) is 9.59 Å². The number of nitrogens with one attached hydrogen (secondary N) is 2.